The summed E-state index contributed by atoms with van der Waals surface area (Å²) in [4.78, 5) is 18.2. The fraction of sp³-hybridized carbons (Fsp3) is 0.375. The maximum Gasteiger partial charge on any atom is 0.248 e. The van der Waals surface area contributed by atoms with E-state index in [1.165, 1.54) is 0 Å². The molecule has 1 aliphatic heterocycles. The van der Waals surface area contributed by atoms with Crippen molar-refractivity contribution in [3.63, 3.8) is 0 Å². The van der Waals surface area contributed by atoms with Crippen LogP contribution in [0.4, 0.5) is 5.69 Å². The zero-order valence-electron chi connectivity index (χ0n) is 17.4. The van der Waals surface area contributed by atoms with Crippen LogP contribution >= 0.6 is 11.8 Å². The highest BCUT2D eigenvalue weighted by atomic mass is 32.2. The Morgan fingerprint density at radius 1 is 0.967 bits per heavy atom. The SMILES string of the molecule is O=C(C=Cc1ccccc1)Nc1ccccc1SCCCN1CCN(CCO)CC1. The van der Waals surface area contributed by atoms with Crippen molar-refractivity contribution in [3.05, 3.63) is 66.2 Å². The molecule has 1 heterocycles. The Bertz CT molecular complexity index is 805. The summed E-state index contributed by atoms with van der Waals surface area (Å²) < 4.78 is 0. The number of hydrogen-bond donors (Lipinski definition) is 2. The highest BCUT2D eigenvalue weighted by Crippen LogP contribution is 2.27. The molecule has 30 heavy (non-hydrogen) atoms. The molecule has 5 nitrogen and oxygen atoms in total. The number of carbonyl (C=O) groups excluding carboxylic acids is 1. The molecule has 0 aliphatic carbocycles. The first-order valence-electron chi connectivity index (χ1n) is 10.6. The topological polar surface area (TPSA) is 55.8 Å². The third-order valence-electron chi connectivity index (χ3n) is 5.13. The normalized spacial score (nSPS) is 15.5. The molecule has 2 N–H and O–H groups in total. The van der Waals surface area contributed by atoms with Crippen LogP contribution in [0, 0.1) is 0 Å². The number of benzene rings is 2. The molecule has 2 aromatic carbocycles. The van der Waals surface area contributed by atoms with E-state index in [1.54, 1.807) is 17.8 Å². The maximum atomic E-state index is 12.3. The van der Waals surface area contributed by atoms with Crippen molar-refractivity contribution in [1.29, 1.82) is 0 Å². The van der Waals surface area contributed by atoms with Crippen LogP contribution in [-0.2, 0) is 4.79 Å². The minimum absolute atomic E-state index is 0.118. The largest absolute Gasteiger partial charge is 0.395 e. The summed E-state index contributed by atoms with van der Waals surface area (Å²) in [5.41, 5.74) is 1.87. The second kappa shape index (κ2) is 12.5. The van der Waals surface area contributed by atoms with E-state index in [0.717, 1.165) is 67.6 Å². The van der Waals surface area contributed by atoms with Crippen molar-refractivity contribution in [2.45, 2.75) is 11.3 Å². The lowest BCUT2D eigenvalue weighted by atomic mass is 10.2. The lowest BCUT2D eigenvalue weighted by Crippen LogP contribution is -2.47. The van der Waals surface area contributed by atoms with Crippen molar-refractivity contribution in [3.8, 4) is 0 Å². The number of aliphatic hydroxyl groups excluding tert-OH is 1. The molecule has 0 aromatic heterocycles. The van der Waals surface area contributed by atoms with Crippen LogP contribution in [0.25, 0.3) is 6.08 Å². The van der Waals surface area contributed by atoms with Crippen LogP contribution in [0.1, 0.15) is 12.0 Å². The van der Waals surface area contributed by atoms with Crippen LogP contribution in [-0.4, -0.2) is 72.4 Å². The van der Waals surface area contributed by atoms with Crippen LogP contribution < -0.4 is 5.32 Å². The van der Waals surface area contributed by atoms with Gasteiger partial charge in [0.2, 0.25) is 5.91 Å². The number of β-amino-alcohol motifs (C(OH)–C–C–N with tert-alkyl or cyclic N) is 1. The number of anilines is 1. The second-order valence-corrected chi connectivity index (χ2v) is 8.48. The minimum atomic E-state index is -0.118. The lowest BCUT2D eigenvalue weighted by molar-refractivity contribution is -0.111. The first kappa shape index (κ1) is 22.6. The number of amides is 1. The molecule has 0 spiro atoms. The van der Waals surface area contributed by atoms with Crippen molar-refractivity contribution in [2.24, 2.45) is 0 Å². The van der Waals surface area contributed by atoms with Gasteiger partial charge in [-0.2, -0.15) is 0 Å². The van der Waals surface area contributed by atoms with Crippen LogP contribution in [0.15, 0.2) is 65.6 Å². The fourth-order valence-corrected chi connectivity index (χ4v) is 4.40. The predicted octanol–water partition coefficient (Wildman–Crippen LogP) is 3.43. The highest BCUT2D eigenvalue weighted by molar-refractivity contribution is 7.99. The fourth-order valence-electron chi connectivity index (χ4n) is 3.45. The molecule has 6 heteroatoms. The third kappa shape index (κ3) is 7.61. The molecule has 0 atom stereocenters. The highest BCUT2D eigenvalue weighted by Gasteiger charge is 2.15. The van der Waals surface area contributed by atoms with Crippen LogP contribution in [0.3, 0.4) is 0 Å². The van der Waals surface area contributed by atoms with Gasteiger partial charge in [-0.15, -0.1) is 11.8 Å². The van der Waals surface area contributed by atoms with Crippen LogP contribution in [0.2, 0.25) is 0 Å². The van der Waals surface area contributed by atoms with Crippen molar-refractivity contribution in [1.82, 2.24) is 9.80 Å². The lowest BCUT2D eigenvalue weighted by Gasteiger charge is -2.34. The molecule has 0 bridgehead atoms. The molecule has 1 saturated heterocycles. The monoisotopic (exact) mass is 425 g/mol. The average Bonchev–Trinajstić information content (AvgIpc) is 2.78. The number of hydrogen-bond acceptors (Lipinski definition) is 5. The first-order chi connectivity index (χ1) is 14.7. The zero-order valence-corrected chi connectivity index (χ0v) is 18.2. The Kier molecular flexibility index (Phi) is 9.44. The standard InChI is InChI=1S/C24H31N3O2S/c28-19-18-27-16-14-26(15-17-27)13-6-20-30-23-10-5-4-9-22(23)25-24(29)12-11-21-7-2-1-3-8-21/h1-5,7-12,28H,6,13-20H2,(H,25,29). The van der Waals surface area contributed by atoms with Gasteiger partial charge in [-0.25, -0.2) is 0 Å². The van der Waals surface area contributed by atoms with Gasteiger partial charge in [-0.1, -0.05) is 42.5 Å². The first-order valence-corrected chi connectivity index (χ1v) is 11.5. The van der Waals surface area contributed by atoms with E-state index in [9.17, 15) is 4.79 Å². The van der Waals surface area contributed by atoms with E-state index in [4.69, 9.17) is 5.11 Å². The van der Waals surface area contributed by atoms with Gasteiger partial charge in [0.05, 0.1) is 12.3 Å². The summed E-state index contributed by atoms with van der Waals surface area (Å²) >= 11 is 1.79. The van der Waals surface area contributed by atoms with E-state index < -0.39 is 0 Å². The smallest absolute Gasteiger partial charge is 0.248 e. The number of aliphatic hydroxyl groups is 1. The van der Waals surface area contributed by atoms with E-state index in [-0.39, 0.29) is 12.5 Å². The van der Waals surface area contributed by atoms with E-state index in [1.807, 2.05) is 54.6 Å². The molecule has 0 saturated carbocycles. The van der Waals surface area contributed by atoms with Crippen LogP contribution in [0.5, 0.6) is 0 Å². The maximum absolute atomic E-state index is 12.3. The summed E-state index contributed by atoms with van der Waals surface area (Å²) in [7, 11) is 0. The molecule has 1 fully saturated rings. The number of rotatable bonds is 10. The second-order valence-electron chi connectivity index (χ2n) is 7.34. The summed E-state index contributed by atoms with van der Waals surface area (Å²) in [6.45, 7) is 6.35. The Morgan fingerprint density at radius 2 is 1.63 bits per heavy atom. The quantitative estimate of drug-likeness (QED) is 0.347. The van der Waals surface area contributed by atoms with E-state index >= 15 is 0 Å². The molecule has 1 aliphatic rings. The Labute approximate surface area is 183 Å². The predicted molar refractivity (Wildman–Crippen MR) is 126 cm³/mol. The average molecular weight is 426 g/mol. The molecule has 2 aromatic rings. The zero-order chi connectivity index (χ0) is 21.0. The number of carbonyl (C=O) groups is 1. The van der Waals surface area contributed by atoms with Gasteiger partial charge < -0.3 is 15.3 Å². The molecule has 3 rings (SSSR count). The van der Waals surface area contributed by atoms with Gasteiger partial charge in [-0.3, -0.25) is 9.69 Å². The molecule has 0 radical (unpaired) electrons. The molecule has 1 amide bonds. The Balaban J connectivity index is 1.42. The van der Waals surface area contributed by atoms with Crippen molar-refractivity contribution in [2.75, 3.05) is 56.9 Å². The molecular formula is C24H31N3O2S. The number of thioether (sulfide) groups is 1. The number of nitrogens with one attached hydrogen (secondary N) is 1. The molecule has 0 unspecified atom stereocenters. The van der Waals surface area contributed by atoms with E-state index in [0.29, 0.717) is 0 Å². The number of nitrogens with zero attached hydrogens (tertiary/aromatic N) is 2. The summed E-state index contributed by atoms with van der Waals surface area (Å²) in [6.07, 6.45) is 4.51. The van der Waals surface area contributed by atoms with Crippen molar-refractivity contribution >= 4 is 29.4 Å². The van der Waals surface area contributed by atoms with Gasteiger partial charge >= 0.3 is 0 Å². The summed E-state index contributed by atoms with van der Waals surface area (Å²) in [5, 5.41) is 12.0. The Hall–Kier alpha value is -2.12. The van der Waals surface area contributed by atoms with Gasteiger partial charge in [0.15, 0.2) is 0 Å². The van der Waals surface area contributed by atoms with Gasteiger partial charge in [-0.05, 0) is 42.5 Å². The van der Waals surface area contributed by atoms with Gasteiger partial charge in [0.1, 0.15) is 0 Å². The number of piperazine rings is 1. The molecule has 160 valence electrons. The summed E-state index contributed by atoms with van der Waals surface area (Å²) in [6, 6.07) is 17.8. The third-order valence-corrected chi connectivity index (χ3v) is 6.29. The molecular weight excluding hydrogens is 394 g/mol. The minimum Gasteiger partial charge on any atom is -0.395 e. The van der Waals surface area contributed by atoms with Gasteiger partial charge in [0.25, 0.3) is 0 Å². The Morgan fingerprint density at radius 3 is 2.37 bits per heavy atom. The van der Waals surface area contributed by atoms with E-state index in [2.05, 4.69) is 21.2 Å². The van der Waals surface area contributed by atoms with Gasteiger partial charge in [0, 0.05) is 43.7 Å². The summed E-state index contributed by atoms with van der Waals surface area (Å²) in [5.74, 6) is 0.900. The number of para-hydroxylation sites is 1. The van der Waals surface area contributed by atoms with Crippen molar-refractivity contribution < 1.29 is 9.90 Å².